The first-order valence-corrected chi connectivity index (χ1v) is 7.78. The number of carbonyl (C=O) groups excluding carboxylic acids is 3. The monoisotopic (exact) mass is 300 g/mol. The van der Waals surface area contributed by atoms with Crippen LogP contribution in [0.3, 0.4) is 0 Å². The third-order valence-corrected chi connectivity index (χ3v) is 3.67. The normalized spacial score (nSPS) is 12.6. The molecule has 0 aromatic rings. The van der Waals surface area contributed by atoms with Crippen LogP contribution in [0.1, 0.15) is 59.8 Å². The zero-order valence-corrected chi connectivity index (χ0v) is 13.6. The third-order valence-electron chi connectivity index (χ3n) is 3.67. The van der Waals surface area contributed by atoms with E-state index in [1.165, 1.54) is 6.92 Å². The molecule has 0 rings (SSSR count). The fourth-order valence-electron chi connectivity index (χ4n) is 2.23. The predicted octanol–water partition coefficient (Wildman–Crippen LogP) is 2.90. The third kappa shape index (κ3) is 5.48. The Balaban J connectivity index is 5.08. The topological polar surface area (TPSA) is 69.7 Å². The second kappa shape index (κ2) is 10.4. The zero-order chi connectivity index (χ0) is 16.3. The van der Waals surface area contributed by atoms with E-state index in [4.69, 9.17) is 9.47 Å². The van der Waals surface area contributed by atoms with Crippen molar-refractivity contribution in [1.82, 2.24) is 0 Å². The van der Waals surface area contributed by atoms with E-state index >= 15 is 0 Å². The van der Waals surface area contributed by atoms with E-state index in [1.54, 1.807) is 13.8 Å². The van der Waals surface area contributed by atoms with Gasteiger partial charge < -0.3 is 14.3 Å². The van der Waals surface area contributed by atoms with Gasteiger partial charge in [0.05, 0.1) is 13.2 Å². The molecule has 0 aromatic heterocycles. The summed E-state index contributed by atoms with van der Waals surface area (Å²) < 4.78 is 9.97. The molecule has 0 aliphatic carbocycles. The molecule has 1 unspecified atom stereocenters. The number of carbonyl (C=O) groups is 3. The van der Waals surface area contributed by atoms with Crippen LogP contribution in [0, 0.1) is 11.3 Å². The minimum atomic E-state index is -1.56. The summed E-state index contributed by atoms with van der Waals surface area (Å²) in [5, 5.41) is 0. The molecule has 0 N–H and O–H groups in total. The van der Waals surface area contributed by atoms with E-state index in [2.05, 4.69) is 6.92 Å². The summed E-state index contributed by atoms with van der Waals surface area (Å²) in [5.41, 5.74) is -1.56. The van der Waals surface area contributed by atoms with Crippen LogP contribution in [0.5, 0.6) is 0 Å². The van der Waals surface area contributed by atoms with E-state index in [-0.39, 0.29) is 13.2 Å². The van der Waals surface area contributed by atoms with Crippen LogP contribution < -0.4 is 0 Å². The van der Waals surface area contributed by atoms with Gasteiger partial charge in [0.25, 0.3) is 0 Å². The summed E-state index contributed by atoms with van der Waals surface area (Å²) in [5.74, 6) is -2.08. The van der Waals surface area contributed by atoms with Crippen molar-refractivity contribution < 1.29 is 23.9 Å². The van der Waals surface area contributed by atoms with Crippen molar-refractivity contribution in [2.75, 3.05) is 13.2 Å². The highest BCUT2D eigenvalue weighted by Gasteiger charge is 2.50. The van der Waals surface area contributed by atoms with Gasteiger partial charge in [-0.3, -0.25) is 9.59 Å². The smallest absolute Gasteiger partial charge is 0.323 e. The molecule has 5 nitrogen and oxygen atoms in total. The molecule has 21 heavy (non-hydrogen) atoms. The van der Waals surface area contributed by atoms with Gasteiger partial charge >= 0.3 is 11.9 Å². The lowest BCUT2D eigenvalue weighted by Crippen LogP contribution is -2.46. The first-order valence-electron chi connectivity index (χ1n) is 7.78. The van der Waals surface area contributed by atoms with Gasteiger partial charge in [-0.05, 0) is 27.2 Å². The summed E-state index contributed by atoms with van der Waals surface area (Å²) in [4.78, 5) is 35.8. The van der Waals surface area contributed by atoms with Gasteiger partial charge in [0, 0.05) is 5.92 Å². The van der Waals surface area contributed by atoms with Crippen LogP contribution in [-0.2, 0) is 23.9 Å². The van der Waals surface area contributed by atoms with Gasteiger partial charge in [0.15, 0.2) is 5.41 Å². The molecule has 0 saturated heterocycles. The van der Waals surface area contributed by atoms with Gasteiger partial charge in [-0.25, -0.2) is 0 Å². The number of hydrogen-bond donors (Lipinski definition) is 0. The van der Waals surface area contributed by atoms with Crippen molar-refractivity contribution in [3.05, 3.63) is 0 Å². The Labute approximate surface area is 127 Å². The molecule has 0 aromatic carbocycles. The molecule has 0 aliphatic heterocycles. The average Bonchev–Trinajstić information content (AvgIpc) is 2.47. The second-order valence-electron chi connectivity index (χ2n) is 5.24. The first kappa shape index (κ1) is 19.6. The molecule has 0 heterocycles. The summed E-state index contributed by atoms with van der Waals surface area (Å²) in [6, 6.07) is 0. The standard InChI is InChI=1S/C16H28O5/c1-5-8-9-10-11-13(12-17)16(4,14(18)20-6-2)15(19)21-7-3/h12-13H,5-11H2,1-4H3. The quantitative estimate of drug-likeness (QED) is 0.254. The number of esters is 2. The summed E-state index contributed by atoms with van der Waals surface area (Å²) in [7, 11) is 0. The lowest BCUT2D eigenvalue weighted by molar-refractivity contribution is -0.176. The fraction of sp³-hybridized carbons (Fsp3) is 0.812. The Bertz CT molecular complexity index is 320. The lowest BCUT2D eigenvalue weighted by atomic mass is 9.75. The van der Waals surface area contributed by atoms with Crippen molar-refractivity contribution in [1.29, 1.82) is 0 Å². The Hall–Kier alpha value is -1.39. The fourth-order valence-corrected chi connectivity index (χ4v) is 2.23. The molecule has 5 heteroatoms. The molecule has 0 spiro atoms. The number of hydrogen-bond acceptors (Lipinski definition) is 5. The van der Waals surface area contributed by atoms with Gasteiger partial charge in [-0.15, -0.1) is 0 Å². The Morgan fingerprint density at radius 1 is 1.00 bits per heavy atom. The molecule has 0 fully saturated rings. The first-order chi connectivity index (χ1) is 9.98. The van der Waals surface area contributed by atoms with Crippen LogP contribution in [0.2, 0.25) is 0 Å². The molecular formula is C16H28O5. The van der Waals surface area contributed by atoms with Crippen molar-refractivity contribution >= 4 is 18.2 Å². The maximum atomic E-state index is 12.2. The van der Waals surface area contributed by atoms with Gasteiger partial charge in [0.2, 0.25) is 0 Å². The molecule has 1 atom stereocenters. The van der Waals surface area contributed by atoms with Crippen molar-refractivity contribution in [3.8, 4) is 0 Å². The van der Waals surface area contributed by atoms with Gasteiger partial charge in [-0.1, -0.05) is 32.6 Å². The molecular weight excluding hydrogens is 272 g/mol. The molecule has 0 aliphatic rings. The highest BCUT2D eigenvalue weighted by atomic mass is 16.6. The van der Waals surface area contributed by atoms with E-state index in [0.717, 1.165) is 25.7 Å². The second-order valence-corrected chi connectivity index (χ2v) is 5.24. The maximum Gasteiger partial charge on any atom is 0.323 e. The summed E-state index contributed by atoms with van der Waals surface area (Å²) in [6.07, 6.45) is 5.09. The van der Waals surface area contributed by atoms with E-state index in [0.29, 0.717) is 12.7 Å². The summed E-state index contributed by atoms with van der Waals surface area (Å²) in [6.45, 7) is 7.20. The van der Waals surface area contributed by atoms with Crippen LogP contribution in [0.4, 0.5) is 0 Å². The van der Waals surface area contributed by atoms with Crippen molar-refractivity contribution in [2.45, 2.75) is 59.8 Å². The van der Waals surface area contributed by atoms with E-state index in [9.17, 15) is 14.4 Å². The Morgan fingerprint density at radius 2 is 1.52 bits per heavy atom. The Morgan fingerprint density at radius 3 is 1.90 bits per heavy atom. The molecule has 122 valence electrons. The predicted molar refractivity (Wildman–Crippen MR) is 79.7 cm³/mol. The number of aldehydes is 1. The van der Waals surface area contributed by atoms with Crippen LogP contribution in [0.15, 0.2) is 0 Å². The van der Waals surface area contributed by atoms with E-state index < -0.39 is 23.3 Å². The van der Waals surface area contributed by atoms with Crippen LogP contribution in [0.25, 0.3) is 0 Å². The highest BCUT2D eigenvalue weighted by molar-refractivity contribution is 6.02. The molecule has 0 bridgehead atoms. The molecule has 0 saturated carbocycles. The molecule has 0 radical (unpaired) electrons. The van der Waals surface area contributed by atoms with Crippen molar-refractivity contribution in [3.63, 3.8) is 0 Å². The zero-order valence-electron chi connectivity index (χ0n) is 13.6. The average molecular weight is 300 g/mol. The number of unbranched alkanes of at least 4 members (excludes halogenated alkanes) is 3. The van der Waals surface area contributed by atoms with Crippen LogP contribution in [-0.4, -0.2) is 31.4 Å². The number of rotatable bonds is 11. The Kier molecular flexibility index (Phi) is 9.67. The number of ether oxygens (including phenoxy) is 2. The van der Waals surface area contributed by atoms with Gasteiger partial charge in [0.1, 0.15) is 6.29 Å². The summed E-state index contributed by atoms with van der Waals surface area (Å²) >= 11 is 0. The van der Waals surface area contributed by atoms with Gasteiger partial charge in [-0.2, -0.15) is 0 Å². The molecule has 0 amide bonds. The largest absolute Gasteiger partial charge is 0.465 e. The highest BCUT2D eigenvalue weighted by Crippen LogP contribution is 2.33. The maximum absolute atomic E-state index is 12.2. The lowest BCUT2D eigenvalue weighted by Gasteiger charge is -2.30. The minimum absolute atomic E-state index is 0.162. The SMILES string of the molecule is CCCCCCC(C=O)C(C)(C(=O)OCC)C(=O)OCC. The minimum Gasteiger partial charge on any atom is -0.465 e. The van der Waals surface area contributed by atoms with Crippen LogP contribution >= 0.6 is 0 Å². The van der Waals surface area contributed by atoms with E-state index in [1.807, 2.05) is 0 Å². The van der Waals surface area contributed by atoms with Crippen molar-refractivity contribution in [2.24, 2.45) is 11.3 Å².